The zero-order valence-electron chi connectivity index (χ0n) is 13.1. The number of benzene rings is 2. The number of carbonyl (C=O) groups excluding carboxylic acids is 1. The Morgan fingerprint density at radius 3 is 2.48 bits per heavy atom. The molecule has 2 heterocycles. The fourth-order valence-electron chi connectivity index (χ4n) is 2.72. The van der Waals surface area contributed by atoms with E-state index in [2.05, 4.69) is 11.9 Å². The summed E-state index contributed by atoms with van der Waals surface area (Å²) in [4.78, 5) is 13.0. The average Bonchev–Trinajstić information content (AvgIpc) is 3.47. The molecule has 1 spiro atoms. The number of rotatable bonds is 4. The second-order valence-corrected chi connectivity index (χ2v) is 7.08. The van der Waals surface area contributed by atoms with Gasteiger partial charge in [0, 0.05) is 11.4 Å². The number of hydrogen-bond acceptors (Lipinski definition) is 4. The third kappa shape index (κ3) is 2.84. The Morgan fingerprint density at radius 1 is 1.28 bits per heavy atom. The number of ether oxygens (including phenoxy) is 1. The van der Waals surface area contributed by atoms with Crippen molar-refractivity contribution >= 4 is 29.2 Å². The van der Waals surface area contributed by atoms with Crippen molar-refractivity contribution in [3.63, 3.8) is 0 Å². The monoisotopic (exact) mass is 360 g/mol. The van der Waals surface area contributed by atoms with Gasteiger partial charge in [0.25, 0.3) is 0 Å². The lowest BCUT2D eigenvalue weighted by molar-refractivity contribution is 0.155. The molecule has 0 bridgehead atoms. The molecule has 0 aromatic heterocycles. The normalized spacial score (nSPS) is 20.6. The van der Waals surface area contributed by atoms with Gasteiger partial charge in [-0.25, -0.2) is 13.6 Å². The molecule has 1 amide bonds. The van der Waals surface area contributed by atoms with Crippen LogP contribution in [-0.4, -0.2) is 16.7 Å². The average molecular weight is 360 g/mol. The molecule has 2 aromatic carbocycles. The van der Waals surface area contributed by atoms with Crippen molar-refractivity contribution in [2.24, 2.45) is 0 Å². The van der Waals surface area contributed by atoms with E-state index >= 15 is 0 Å². The highest BCUT2D eigenvalue weighted by atomic mass is 32.2. The highest BCUT2D eigenvalue weighted by molar-refractivity contribution is 8.08. The summed E-state index contributed by atoms with van der Waals surface area (Å²) in [5.74, 6) is -0.705. The van der Waals surface area contributed by atoms with Crippen molar-refractivity contribution in [3.05, 3.63) is 71.9 Å². The summed E-state index contributed by atoms with van der Waals surface area (Å²) < 4.78 is 33.7. The van der Waals surface area contributed by atoms with Crippen molar-refractivity contribution in [2.45, 2.75) is 11.5 Å². The van der Waals surface area contributed by atoms with E-state index in [0.29, 0.717) is 5.70 Å². The Morgan fingerprint density at radius 2 is 1.92 bits per heavy atom. The number of halogens is 2. The summed E-state index contributed by atoms with van der Waals surface area (Å²) in [6.45, 7) is 3.90. The SMILES string of the molecule is C=C1N(c2c(F)cc(NC(=O)OCc3ccccc3)cc2F)C12CS2. The molecule has 2 fully saturated rings. The summed E-state index contributed by atoms with van der Waals surface area (Å²) in [6.07, 6.45) is -0.777. The van der Waals surface area contributed by atoms with E-state index in [1.54, 1.807) is 16.7 Å². The van der Waals surface area contributed by atoms with E-state index in [4.69, 9.17) is 4.74 Å². The number of hydrogen-bond donors (Lipinski definition) is 1. The lowest BCUT2D eigenvalue weighted by Crippen LogP contribution is -2.14. The second kappa shape index (κ2) is 5.77. The van der Waals surface area contributed by atoms with E-state index in [-0.39, 0.29) is 22.9 Å². The Balaban J connectivity index is 1.43. The molecule has 2 aromatic rings. The lowest BCUT2D eigenvalue weighted by atomic mass is 10.2. The molecular formula is C18H14F2N2O2S. The van der Waals surface area contributed by atoms with Crippen LogP contribution in [0.25, 0.3) is 0 Å². The maximum atomic E-state index is 14.3. The van der Waals surface area contributed by atoms with Gasteiger partial charge in [-0.3, -0.25) is 5.32 Å². The number of anilines is 2. The molecule has 4 rings (SSSR count). The van der Waals surface area contributed by atoms with Crippen LogP contribution in [-0.2, 0) is 11.3 Å². The first-order valence-electron chi connectivity index (χ1n) is 7.61. The molecule has 4 nitrogen and oxygen atoms in total. The molecule has 128 valence electrons. The number of carbonyl (C=O) groups is 1. The maximum absolute atomic E-state index is 14.3. The predicted octanol–water partition coefficient (Wildman–Crippen LogP) is 4.49. The molecule has 0 radical (unpaired) electrons. The maximum Gasteiger partial charge on any atom is 0.411 e. The number of thioether (sulfide) groups is 1. The van der Waals surface area contributed by atoms with Gasteiger partial charge in [-0.2, -0.15) is 0 Å². The van der Waals surface area contributed by atoms with Crippen molar-refractivity contribution in [1.82, 2.24) is 0 Å². The first kappa shape index (κ1) is 16.0. The molecule has 1 N–H and O–H groups in total. The standard InChI is InChI=1S/C18H14F2N2O2S/c1-11-18(10-25-18)22(11)16-14(19)7-13(8-15(16)20)21-17(23)24-9-12-5-3-2-4-6-12/h2-8H,1,9-10H2,(H,21,23). The summed E-state index contributed by atoms with van der Waals surface area (Å²) in [7, 11) is 0. The van der Waals surface area contributed by atoms with E-state index in [1.165, 1.54) is 0 Å². The zero-order valence-corrected chi connectivity index (χ0v) is 13.9. The van der Waals surface area contributed by atoms with Gasteiger partial charge in [0.15, 0.2) is 11.6 Å². The van der Waals surface area contributed by atoms with Crippen LogP contribution in [0.15, 0.2) is 54.7 Å². The third-order valence-corrected chi connectivity index (χ3v) is 5.40. The summed E-state index contributed by atoms with van der Waals surface area (Å²) in [5, 5.41) is 2.34. The zero-order chi connectivity index (χ0) is 17.6. The molecule has 0 aliphatic carbocycles. The molecule has 1 unspecified atom stereocenters. The quantitative estimate of drug-likeness (QED) is 0.816. The molecule has 7 heteroatoms. The molecule has 2 aliphatic rings. The van der Waals surface area contributed by atoms with Crippen molar-refractivity contribution < 1.29 is 18.3 Å². The number of amides is 1. The van der Waals surface area contributed by atoms with Gasteiger partial charge in [-0.15, -0.1) is 11.8 Å². The first-order valence-corrected chi connectivity index (χ1v) is 8.60. The van der Waals surface area contributed by atoms with E-state index in [1.807, 2.05) is 30.3 Å². The van der Waals surface area contributed by atoms with Gasteiger partial charge in [0.05, 0.1) is 5.70 Å². The molecule has 0 saturated carbocycles. The lowest BCUT2D eigenvalue weighted by Gasteiger charge is -2.11. The molecule has 1 atom stereocenters. The van der Waals surface area contributed by atoms with Gasteiger partial charge in [0.1, 0.15) is 17.2 Å². The summed E-state index contributed by atoms with van der Waals surface area (Å²) >= 11 is 1.59. The Labute approximate surface area is 147 Å². The minimum absolute atomic E-state index is 0.00164. The van der Waals surface area contributed by atoms with Crippen molar-refractivity contribution in [2.75, 3.05) is 16.0 Å². The van der Waals surface area contributed by atoms with Crippen molar-refractivity contribution in [3.8, 4) is 0 Å². The Hall–Kier alpha value is -2.54. The fourth-order valence-corrected chi connectivity index (χ4v) is 3.70. The Kier molecular flexibility index (Phi) is 3.68. The second-order valence-electron chi connectivity index (χ2n) is 5.83. The smallest absolute Gasteiger partial charge is 0.411 e. The van der Waals surface area contributed by atoms with E-state index in [9.17, 15) is 13.6 Å². The molecule has 2 saturated heterocycles. The van der Waals surface area contributed by atoms with Crippen LogP contribution in [0.4, 0.5) is 25.0 Å². The van der Waals surface area contributed by atoms with Crippen LogP contribution in [0.5, 0.6) is 0 Å². The first-order chi connectivity index (χ1) is 12.0. The van der Waals surface area contributed by atoms with E-state index < -0.39 is 17.7 Å². The van der Waals surface area contributed by atoms with Crippen LogP contribution < -0.4 is 10.2 Å². The summed E-state index contributed by atoms with van der Waals surface area (Å²) in [6, 6.07) is 11.3. The van der Waals surface area contributed by atoms with Gasteiger partial charge in [-0.05, 0) is 17.7 Å². The Bertz CT molecular complexity index is 846. The van der Waals surface area contributed by atoms with Crippen LogP contribution in [0.3, 0.4) is 0 Å². The minimum atomic E-state index is -0.777. The van der Waals surface area contributed by atoms with Gasteiger partial charge >= 0.3 is 6.09 Å². The highest BCUT2D eigenvalue weighted by Gasteiger charge is 2.68. The van der Waals surface area contributed by atoms with Crippen LogP contribution in [0.1, 0.15) is 5.56 Å². The third-order valence-electron chi connectivity index (χ3n) is 4.15. The number of nitrogens with one attached hydrogen (secondary N) is 1. The van der Waals surface area contributed by atoms with Crippen LogP contribution >= 0.6 is 11.8 Å². The molecule has 25 heavy (non-hydrogen) atoms. The van der Waals surface area contributed by atoms with Gasteiger partial charge < -0.3 is 9.64 Å². The van der Waals surface area contributed by atoms with E-state index in [0.717, 1.165) is 23.4 Å². The predicted molar refractivity (Wildman–Crippen MR) is 93.4 cm³/mol. The van der Waals surface area contributed by atoms with Crippen molar-refractivity contribution in [1.29, 1.82) is 0 Å². The van der Waals surface area contributed by atoms with Gasteiger partial charge in [-0.1, -0.05) is 36.9 Å². The largest absolute Gasteiger partial charge is 0.444 e. The van der Waals surface area contributed by atoms with Crippen LogP contribution in [0.2, 0.25) is 0 Å². The molecule has 2 aliphatic heterocycles. The topological polar surface area (TPSA) is 41.3 Å². The highest BCUT2D eigenvalue weighted by Crippen LogP contribution is 2.68. The van der Waals surface area contributed by atoms with Gasteiger partial charge in [0.2, 0.25) is 0 Å². The number of nitrogens with zero attached hydrogens (tertiary/aromatic N) is 1. The molecular weight excluding hydrogens is 346 g/mol. The minimum Gasteiger partial charge on any atom is -0.444 e. The van der Waals surface area contributed by atoms with Crippen LogP contribution in [0, 0.1) is 11.6 Å². The fraction of sp³-hybridized carbons (Fsp3) is 0.167. The summed E-state index contributed by atoms with van der Waals surface area (Å²) in [5.41, 5.74) is 1.40.